The van der Waals surface area contributed by atoms with Crippen molar-refractivity contribution in [3.8, 4) is 0 Å². The molecule has 5 rings (SSSR count). The number of ether oxygens (including phenoxy) is 3. The zero-order chi connectivity index (χ0) is 18.0. The predicted octanol–water partition coefficient (Wildman–Crippen LogP) is 1.46. The van der Waals surface area contributed by atoms with Crippen LogP contribution < -0.4 is 4.90 Å². The highest BCUT2D eigenvalue weighted by Crippen LogP contribution is 2.61. The van der Waals surface area contributed by atoms with Crippen LogP contribution in [0.25, 0.3) is 0 Å². The quantitative estimate of drug-likeness (QED) is 0.522. The Hall–Kier alpha value is -0.650. The van der Waals surface area contributed by atoms with Gasteiger partial charge in [0.25, 0.3) is 0 Å². The fraction of sp³-hybridized carbons (Fsp3) is 0.952. The fourth-order valence-electron chi connectivity index (χ4n) is 6.66. The molecule has 0 aromatic rings. The van der Waals surface area contributed by atoms with Crippen molar-refractivity contribution in [1.82, 2.24) is 0 Å². The number of carbonyl (C=O) groups excluding carboxylic acids is 1. The van der Waals surface area contributed by atoms with Gasteiger partial charge in [0.05, 0.1) is 19.8 Å². The van der Waals surface area contributed by atoms with Gasteiger partial charge in [-0.3, -0.25) is 4.79 Å². The minimum atomic E-state index is -0.202. The third-order valence-electron chi connectivity index (χ3n) is 7.29. The third-order valence-corrected chi connectivity index (χ3v) is 7.29. The van der Waals surface area contributed by atoms with Crippen molar-refractivity contribution >= 4 is 5.97 Å². The van der Waals surface area contributed by atoms with Gasteiger partial charge in [-0.05, 0) is 68.1 Å². The summed E-state index contributed by atoms with van der Waals surface area (Å²) in [5.74, 6) is 2.80. The molecule has 4 saturated carbocycles. The molecule has 0 unspecified atom stereocenters. The second-order valence-corrected chi connectivity index (χ2v) is 9.54. The molecule has 26 heavy (non-hydrogen) atoms. The van der Waals surface area contributed by atoms with Crippen LogP contribution in [0.15, 0.2) is 0 Å². The fourth-order valence-corrected chi connectivity index (χ4v) is 6.66. The topological polar surface area (TPSA) is 49.2 Å². The lowest BCUT2D eigenvalue weighted by atomic mass is 9.49. The Kier molecular flexibility index (Phi) is 5.87. The first-order valence-corrected chi connectivity index (χ1v) is 10.8. The van der Waals surface area contributed by atoms with Crippen molar-refractivity contribution in [2.24, 2.45) is 23.2 Å². The molecule has 1 saturated heterocycles. The highest BCUT2D eigenvalue weighted by molar-refractivity contribution is 5.66. The molecule has 1 aliphatic heterocycles. The van der Waals surface area contributed by atoms with Crippen molar-refractivity contribution in [2.45, 2.75) is 58.0 Å². The van der Waals surface area contributed by atoms with Gasteiger partial charge in [-0.25, -0.2) is 0 Å². The summed E-state index contributed by atoms with van der Waals surface area (Å²) in [5.41, 5.74) is 0.571. The van der Waals surface area contributed by atoms with Crippen molar-refractivity contribution in [3.63, 3.8) is 0 Å². The van der Waals surface area contributed by atoms with Gasteiger partial charge in [-0.2, -0.15) is 0 Å². The molecule has 0 aromatic heterocycles. The predicted molar refractivity (Wildman–Crippen MR) is 98.0 cm³/mol. The summed E-state index contributed by atoms with van der Waals surface area (Å²) in [6.07, 6.45) is 9.88. The van der Waals surface area contributed by atoms with Gasteiger partial charge in [-0.15, -0.1) is 0 Å². The first-order valence-electron chi connectivity index (χ1n) is 10.8. The van der Waals surface area contributed by atoms with Crippen molar-refractivity contribution in [1.29, 1.82) is 0 Å². The number of rotatable bonds is 8. The van der Waals surface area contributed by atoms with Crippen LogP contribution in [0.1, 0.15) is 51.9 Å². The Morgan fingerprint density at radius 1 is 1.12 bits per heavy atom. The average molecular weight is 367 g/mol. The Morgan fingerprint density at radius 2 is 1.73 bits per heavy atom. The Bertz CT molecular complexity index is 453. The maximum Gasteiger partial charge on any atom is 0.303 e. The lowest BCUT2D eigenvalue weighted by molar-refractivity contribution is -0.910. The van der Waals surface area contributed by atoms with Gasteiger partial charge < -0.3 is 19.1 Å². The van der Waals surface area contributed by atoms with E-state index in [1.807, 2.05) is 0 Å². The molecule has 5 aliphatic rings. The van der Waals surface area contributed by atoms with E-state index in [1.165, 1.54) is 56.8 Å². The SMILES string of the molecule is CC(=O)O[C@H](COCCC12CC3CC(CC(C3)C1)C2)C[NH+]1CCOCC1. The van der Waals surface area contributed by atoms with E-state index in [0.717, 1.165) is 57.2 Å². The monoisotopic (exact) mass is 366 g/mol. The van der Waals surface area contributed by atoms with E-state index in [2.05, 4.69) is 0 Å². The Balaban J connectivity index is 1.22. The molecule has 5 heteroatoms. The first-order chi connectivity index (χ1) is 12.6. The molecule has 0 spiro atoms. The molecule has 5 fully saturated rings. The average Bonchev–Trinajstić information content (AvgIpc) is 2.58. The lowest BCUT2D eigenvalue weighted by Crippen LogP contribution is -3.15. The number of hydrogen-bond donors (Lipinski definition) is 1. The summed E-state index contributed by atoms with van der Waals surface area (Å²) in [7, 11) is 0. The lowest BCUT2D eigenvalue weighted by Gasteiger charge is -2.57. The van der Waals surface area contributed by atoms with E-state index >= 15 is 0 Å². The van der Waals surface area contributed by atoms with Gasteiger partial charge in [0.15, 0.2) is 6.10 Å². The van der Waals surface area contributed by atoms with Crippen LogP contribution >= 0.6 is 0 Å². The van der Waals surface area contributed by atoms with E-state index < -0.39 is 0 Å². The molecule has 1 N–H and O–H groups in total. The van der Waals surface area contributed by atoms with E-state index in [9.17, 15) is 4.79 Å². The number of esters is 1. The van der Waals surface area contributed by atoms with Gasteiger partial charge in [0.1, 0.15) is 19.6 Å². The van der Waals surface area contributed by atoms with Gasteiger partial charge in [0.2, 0.25) is 0 Å². The third kappa shape index (κ3) is 4.60. The van der Waals surface area contributed by atoms with Crippen LogP contribution in [0, 0.1) is 23.2 Å². The van der Waals surface area contributed by atoms with Crippen molar-refractivity contribution in [3.05, 3.63) is 0 Å². The maximum atomic E-state index is 11.4. The molecule has 4 aliphatic carbocycles. The first kappa shape index (κ1) is 18.7. The van der Waals surface area contributed by atoms with Crippen molar-refractivity contribution < 1.29 is 23.9 Å². The van der Waals surface area contributed by atoms with E-state index in [-0.39, 0.29) is 12.1 Å². The van der Waals surface area contributed by atoms with Gasteiger partial charge in [-0.1, -0.05) is 0 Å². The molecule has 148 valence electrons. The normalized spacial score (nSPS) is 37.7. The summed E-state index contributed by atoms with van der Waals surface area (Å²) < 4.78 is 17.0. The molecule has 0 radical (unpaired) electrons. The van der Waals surface area contributed by atoms with Crippen LogP contribution in [0.2, 0.25) is 0 Å². The summed E-state index contributed by atoms with van der Waals surface area (Å²) >= 11 is 0. The smallest absolute Gasteiger partial charge is 0.303 e. The molecule has 1 atom stereocenters. The molecule has 0 amide bonds. The van der Waals surface area contributed by atoms with Gasteiger partial charge in [0, 0.05) is 13.5 Å². The van der Waals surface area contributed by atoms with Crippen LogP contribution in [0.5, 0.6) is 0 Å². The van der Waals surface area contributed by atoms with E-state index in [0.29, 0.717) is 12.0 Å². The second kappa shape index (κ2) is 8.15. The van der Waals surface area contributed by atoms with Gasteiger partial charge >= 0.3 is 5.97 Å². The number of carbonyl (C=O) groups is 1. The molecular formula is C21H36NO4+. The zero-order valence-corrected chi connectivity index (χ0v) is 16.3. The minimum absolute atomic E-state index is 0.128. The standard InChI is InChI=1S/C21H35NO4/c1-16(23)26-20(14-22-3-6-24-7-4-22)15-25-5-2-21-11-17-8-18(12-21)10-19(9-17)13-21/h17-20H,2-15H2,1H3/p+1/t17?,18?,19?,20-,21?/m0/s1. The highest BCUT2D eigenvalue weighted by atomic mass is 16.6. The molecular weight excluding hydrogens is 330 g/mol. The number of hydrogen-bond acceptors (Lipinski definition) is 4. The van der Waals surface area contributed by atoms with E-state index in [1.54, 1.807) is 0 Å². The molecule has 4 bridgehead atoms. The summed E-state index contributed by atoms with van der Waals surface area (Å²) in [6, 6.07) is 0. The summed E-state index contributed by atoms with van der Waals surface area (Å²) in [5, 5.41) is 0. The number of morpholine rings is 1. The summed E-state index contributed by atoms with van der Waals surface area (Å²) in [6.45, 7) is 7.27. The molecule has 5 nitrogen and oxygen atoms in total. The summed E-state index contributed by atoms with van der Waals surface area (Å²) in [4.78, 5) is 12.9. The largest absolute Gasteiger partial charge is 0.454 e. The number of nitrogens with one attached hydrogen (secondary N) is 1. The van der Waals surface area contributed by atoms with Crippen LogP contribution in [0.3, 0.4) is 0 Å². The second-order valence-electron chi connectivity index (χ2n) is 9.54. The zero-order valence-electron chi connectivity index (χ0n) is 16.3. The van der Waals surface area contributed by atoms with E-state index in [4.69, 9.17) is 14.2 Å². The van der Waals surface area contributed by atoms with Crippen LogP contribution in [0.4, 0.5) is 0 Å². The van der Waals surface area contributed by atoms with Crippen LogP contribution in [-0.2, 0) is 19.0 Å². The Labute approximate surface area is 157 Å². The number of quaternary nitrogens is 1. The Morgan fingerprint density at radius 3 is 2.31 bits per heavy atom. The maximum absolute atomic E-state index is 11.4. The molecule has 1 heterocycles. The van der Waals surface area contributed by atoms with Crippen molar-refractivity contribution in [2.75, 3.05) is 46.1 Å². The van der Waals surface area contributed by atoms with Crippen LogP contribution in [-0.4, -0.2) is 58.1 Å². The molecule has 0 aromatic carbocycles. The minimum Gasteiger partial charge on any atom is -0.454 e. The highest BCUT2D eigenvalue weighted by Gasteiger charge is 2.50.